The zero-order valence-corrected chi connectivity index (χ0v) is 14.9. The summed E-state index contributed by atoms with van der Waals surface area (Å²) >= 11 is 8.72. The first-order valence-corrected chi connectivity index (χ1v) is 8.20. The van der Waals surface area contributed by atoms with Crippen molar-refractivity contribution in [2.75, 3.05) is 18.0 Å². The lowest BCUT2D eigenvalue weighted by atomic mass is 9.84. The van der Waals surface area contributed by atoms with Crippen LogP contribution >= 0.6 is 34.2 Å². The highest BCUT2D eigenvalue weighted by Gasteiger charge is 2.33. The fourth-order valence-electron chi connectivity index (χ4n) is 2.49. The molecule has 0 aliphatic carbocycles. The van der Waals surface area contributed by atoms with Gasteiger partial charge < -0.3 is 10.2 Å². The van der Waals surface area contributed by atoms with Crippen LogP contribution in [0.5, 0.6) is 0 Å². The summed E-state index contributed by atoms with van der Waals surface area (Å²) in [5, 5.41) is 4.51. The van der Waals surface area contributed by atoms with Crippen LogP contribution in [0.3, 0.4) is 0 Å². The summed E-state index contributed by atoms with van der Waals surface area (Å²) in [5.41, 5.74) is 1.42. The normalized spacial score (nSPS) is 24.6. The van der Waals surface area contributed by atoms with Crippen LogP contribution in [-0.2, 0) is 0 Å². The third kappa shape index (κ3) is 3.56. The summed E-state index contributed by atoms with van der Waals surface area (Å²) in [6.07, 6.45) is 0. The highest BCUT2D eigenvalue weighted by atomic mass is 127. The van der Waals surface area contributed by atoms with Crippen molar-refractivity contribution in [3.63, 3.8) is 0 Å². The van der Waals surface area contributed by atoms with Gasteiger partial charge in [-0.3, -0.25) is 0 Å². The lowest BCUT2D eigenvalue weighted by Crippen LogP contribution is -2.59. The van der Waals surface area contributed by atoms with E-state index in [0.717, 1.165) is 23.8 Å². The molecule has 1 N–H and O–H groups in total. The van der Waals surface area contributed by atoms with Crippen LogP contribution in [0, 0.1) is 8.99 Å². The molecule has 1 aliphatic heterocycles. The van der Waals surface area contributed by atoms with Crippen LogP contribution in [-0.4, -0.2) is 25.2 Å². The van der Waals surface area contributed by atoms with Crippen LogP contribution in [0.25, 0.3) is 0 Å². The van der Waals surface area contributed by atoms with E-state index in [0.29, 0.717) is 12.1 Å². The second-order valence-corrected chi connectivity index (χ2v) is 8.08. The van der Waals surface area contributed by atoms with E-state index in [1.807, 2.05) is 6.07 Å². The Morgan fingerprint density at radius 2 is 2.05 bits per heavy atom. The van der Waals surface area contributed by atoms with E-state index in [2.05, 4.69) is 72.6 Å². The van der Waals surface area contributed by atoms with Gasteiger partial charge in [-0.15, -0.1) is 0 Å². The van der Waals surface area contributed by atoms with Gasteiger partial charge in [-0.2, -0.15) is 0 Å². The number of hydrogen-bond donors (Lipinski definition) is 1. The van der Waals surface area contributed by atoms with Crippen LogP contribution in [0.2, 0.25) is 5.02 Å². The van der Waals surface area contributed by atoms with E-state index in [4.69, 9.17) is 11.6 Å². The summed E-state index contributed by atoms with van der Waals surface area (Å²) < 4.78 is 1.18. The van der Waals surface area contributed by atoms with Crippen molar-refractivity contribution >= 4 is 39.9 Å². The maximum atomic E-state index is 6.42. The molecule has 0 spiro atoms. The van der Waals surface area contributed by atoms with Gasteiger partial charge in [0.25, 0.3) is 0 Å². The van der Waals surface area contributed by atoms with Gasteiger partial charge in [-0.05, 0) is 53.1 Å². The average molecular weight is 393 g/mol. The number of anilines is 1. The second-order valence-electron chi connectivity index (χ2n) is 6.42. The van der Waals surface area contributed by atoms with Gasteiger partial charge in [0.1, 0.15) is 0 Å². The highest BCUT2D eigenvalue weighted by Crippen LogP contribution is 2.32. The molecule has 0 amide bonds. The summed E-state index contributed by atoms with van der Waals surface area (Å²) in [4.78, 5) is 2.44. The number of benzene rings is 1. The number of rotatable bonds is 1. The number of hydrogen-bond acceptors (Lipinski definition) is 2. The van der Waals surface area contributed by atoms with Crippen LogP contribution < -0.4 is 10.2 Å². The summed E-state index contributed by atoms with van der Waals surface area (Å²) in [7, 11) is 0. The lowest BCUT2D eigenvalue weighted by Gasteiger charge is -2.45. The molecule has 1 aliphatic rings. The molecule has 4 heteroatoms. The third-order valence-electron chi connectivity index (χ3n) is 3.84. The van der Waals surface area contributed by atoms with Crippen molar-refractivity contribution in [2.45, 2.75) is 39.8 Å². The van der Waals surface area contributed by atoms with E-state index in [1.165, 1.54) is 3.57 Å². The Kier molecular flexibility index (Phi) is 4.68. The Balaban J connectivity index is 2.26. The summed E-state index contributed by atoms with van der Waals surface area (Å²) in [6.45, 7) is 11.1. The Morgan fingerprint density at radius 3 is 2.63 bits per heavy atom. The summed E-state index contributed by atoms with van der Waals surface area (Å²) in [5.74, 6) is 0. The quantitative estimate of drug-likeness (QED) is 0.722. The SMILES string of the molecule is CC1CNC(C(C)(C)C)CN1c1ccc(I)cc1Cl. The molecule has 19 heavy (non-hydrogen) atoms. The molecule has 2 rings (SSSR count). The van der Waals surface area contributed by atoms with E-state index in [-0.39, 0.29) is 5.41 Å². The molecule has 106 valence electrons. The topological polar surface area (TPSA) is 15.3 Å². The van der Waals surface area contributed by atoms with Gasteiger partial charge in [0, 0.05) is 28.7 Å². The van der Waals surface area contributed by atoms with Crippen molar-refractivity contribution in [1.29, 1.82) is 0 Å². The largest absolute Gasteiger partial charge is 0.365 e. The Morgan fingerprint density at radius 1 is 1.37 bits per heavy atom. The van der Waals surface area contributed by atoms with E-state index < -0.39 is 0 Å². The minimum absolute atomic E-state index is 0.258. The maximum Gasteiger partial charge on any atom is 0.0650 e. The minimum Gasteiger partial charge on any atom is -0.365 e. The van der Waals surface area contributed by atoms with Crippen molar-refractivity contribution in [3.05, 3.63) is 26.8 Å². The molecule has 1 aromatic carbocycles. The summed E-state index contributed by atoms with van der Waals surface area (Å²) in [6, 6.07) is 7.27. The predicted octanol–water partition coefficient (Wildman–Crippen LogP) is 4.16. The lowest BCUT2D eigenvalue weighted by molar-refractivity contribution is 0.239. The fraction of sp³-hybridized carbons (Fsp3) is 0.600. The Bertz CT molecular complexity index is 456. The van der Waals surface area contributed by atoms with Crippen molar-refractivity contribution in [3.8, 4) is 0 Å². The van der Waals surface area contributed by atoms with E-state index >= 15 is 0 Å². The predicted molar refractivity (Wildman–Crippen MR) is 92.2 cm³/mol. The van der Waals surface area contributed by atoms with Gasteiger partial charge >= 0.3 is 0 Å². The first-order chi connectivity index (χ1) is 8.79. The zero-order chi connectivity index (χ0) is 14.2. The van der Waals surface area contributed by atoms with Gasteiger partial charge in [-0.1, -0.05) is 32.4 Å². The maximum absolute atomic E-state index is 6.42. The smallest absolute Gasteiger partial charge is 0.0650 e. The van der Waals surface area contributed by atoms with Crippen LogP contribution in [0.15, 0.2) is 18.2 Å². The Labute approximate surface area is 135 Å². The molecule has 2 unspecified atom stereocenters. The molecular formula is C15H22ClIN2. The molecule has 0 radical (unpaired) electrons. The highest BCUT2D eigenvalue weighted by molar-refractivity contribution is 14.1. The molecule has 0 bridgehead atoms. The van der Waals surface area contributed by atoms with Crippen LogP contribution in [0.4, 0.5) is 5.69 Å². The molecule has 2 nitrogen and oxygen atoms in total. The minimum atomic E-state index is 0.258. The van der Waals surface area contributed by atoms with Gasteiger partial charge in [0.2, 0.25) is 0 Å². The number of halogens is 2. The molecule has 1 heterocycles. The molecule has 2 atom stereocenters. The standard InChI is InChI=1S/C15H22ClIN2/c1-10-8-18-14(15(2,3)4)9-19(10)13-6-5-11(17)7-12(13)16/h5-7,10,14,18H,8-9H2,1-4H3. The Hall–Kier alpha value is -0.0000000000000000555. The monoisotopic (exact) mass is 392 g/mol. The number of nitrogens with zero attached hydrogens (tertiary/aromatic N) is 1. The molecule has 0 saturated carbocycles. The van der Waals surface area contributed by atoms with Crippen LogP contribution in [0.1, 0.15) is 27.7 Å². The van der Waals surface area contributed by atoms with E-state index in [9.17, 15) is 0 Å². The van der Waals surface area contributed by atoms with Gasteiger partial charge in [-0.25, -0.2) is 0 Å². The molecule has 0 aromatic heterocycles. The molecular weight excluding hydrogens is 371 g/mol. The van der Waals surface area contributed by atoms with Gasteiger partial charge in [0.05, 0.1) is 10.7 Å². The zero-order valence-electron chi connectivity index (χ0n) is 12.0. The fourth-order valence-corrected chi connectivity index (χ4v) is 3.46. The number of nitrogens with one attached hydrogen (secondary N) is 1. The molecule has 1 aromatic rings. The first-order valence-electron chi connectivity index (χ1n) is 6.74. The van der Waals surface area contributed by atoms with E-state index in [1.54, 1.807) is 0 Å². The van der Waals surface area contributed by atoms with Crippen molar-refractivity contribution < 1.29 is 0 Å². The average Bonchev–Trinajstić information content (AvgIpc) is 2.29. The number of piperazine rings is 1. The third-order valence-corrected chi connectivity index (χ3v) is 4.81. The van der Waals surface area contributed by atoms with Crippen molar-refractivity contribution in [2.24, 2.45) is 5.41 Å². The second kappa shape index (κ2) is 5.78. The van der Waals surface area contributed by atoms with Crippen molar-refractivity contribution in [1.82, 2.24) is 5.32 Å². The molecule has 1 fully saturated rings. The van der Waals surface area contributed by atoms with Gasteiger partial charge in [0.15, 0.2) is 0 Å². The molecule has 1 saturated heterocycles. The first kappa shape index (κ1) is 15.4.